The Morgan fingerprint density at radius 1 is 0.840 bits per heavy atom. The molecule has 1 heterocycles. The van der Waals surface area contributed by atoms with Crippen molar-refractivity contribution >= 4 is 11.0 Å². The maximum absolute atomic E-state index is 4.98. The van der Waals surface area contributed by atoms with Crippen LogP contribution in [0.15, 0.2) is 48.5 Å². The van der Waals surface area contributed by atoms with E-state index in [4.69, 9.17) is 4.98 Å². The third-order valence-corrected chi connectivity index (χ3v) is 4.74. The summed E-state index contributed by atoms with van der Waals surface area (Å²) in [6.45, 7) is 12.4. The van der Waals surface area contributed by atoms with Crippen molar-refractivity contribution in [2.45, 2.75) is 53.5 Å². The van der Waals surface area contributed by atoms with Crippen molar-refractivity contribution in [2.75, 3.05) is 0 Å². The molecule has 0 radical (unpaired) electrons. The number of nitrogens with zero attached hydrogens (tertiary/aromatic N) is 2. The van der Waals surface area contributed by atoms with Crippen LogP contribution in [0, 0.1) is 11.8 Å². The summed E-state index contributed by atoms with van der Waals surface area (Å²) < 4.78 is 2.41. The van der Waals surface area contributed by atoms with Crippen molar-refractivity contribution < 1.29 is 0 Å². The minimum atomic E-state index is 0.291. The van der Waals surface area contributed by atoms with Gasteiger partial charge in [-0.3, -0.25) is 0 Å². The van der Waals surface area contributed by atoms with E-state index in [0.29, 0.717) is 17.8 Å². The first-order valence-corrected chi connectivity index (χ1v) is 9.49. The van der Waals surface area contributed by atoms with Crippen LogP contribution in [0.3, 0.4) is 0 Å². The van der Waals surface area contributed by atoms with Gasteiger partial charge in [-0.15, -0.1) is 0 Å². The lowest BCUT2D eigenvalue weighted by molar-refractivity contribution is 0.511. The minimum absolute atomic E-state index is 0.291. The highest BCUT2D eigenvalue weighted by Crippen LogP contribution is 2.28. The smallest absolute Gasteiger partial charge is 0.117 e. The molecule has 1 aromatic heterocycles. The molecule has 0 bridgehead atoms. The van der Waals surface area contributed by atoms with Crippen LogP contribution in [0.5, 0.6) is 0 Å². The molecule has 2 aromatic carbocycles. The largest absolute Gasteiger partial charge is 0.327 e. The highest BCUT2D eigenvalue weighted by molar-refractivity contribution is 5.76. The predicted molar refractivity (Wildman–Crippen MR) is 107 cm³/mol. The molecule has 1 atom stereocenters. The summed E-state index contributed by atoms with van der Waals surface area (Å²) in [5.74, 6) is 2.75. The summed E-state index contributed by atoms with van der Waals surface area (Å²) in [5.41, 5.74) is 5.10. The molecule has 0 aliphatic rings. The quantitative estimate of drug-likeness (QED) is 0.537. The number of rotatable bonds is 6. The summed E-state index contributed by atoms with van der Waals surface area (Å²) in [5, 5.41) is 0. The number of hydrogen-bond acceptors (Lipinski definition) is 1. The van der Waals surface area contributed by atoms with E-state index in [0.717, 1.165) is 18.5 Å². The molecule has 0 saturated carbocycles. The van der Waals surface area contributed by atoms with E-state index < -0.39 is 0 Å². The molecule has 3 aromatic rings. The van der Waals surface area contributed by atoms with Gasteiger partial charge < -0.3 is 4.57 Å². The van der Waals surface area contributed by atoms with Crippen LogP contribution in [-0.2, 0) is 13.0 Å². The first-order chi connectivity index (χ1) is 12.0. The van der Waals surface area contributed by atoms with Gasteiger partial charge in [0, 0.05) is 12.5 Å². The zero-order valence-corrected chi connectivity index (χ0v) is 16.2. The number of para-hydroxylation sites is 2. The summed E-state index contributed by atoms with van der Waals surface area (Å²) in [4.78, 5) is 4.98. The number of imidazole rings is 1. The van der Waals surface area contributed by atoms with Crippen LogP contribution in [0.1, 0.15) is 57.5 Å². The van der Waals surface area contributed by atoms with E-state index in [1.165, 1.54) is 22.5 Å². The highest BCUT2D eigenvalue weighted by atomic mass is 15.1. The molecule has 25 heavy (non-hydrogen) atoms. The second-order valence-corrected chi connectivity index (χ2v) is 8.02. The average molecular weight is 335 g/mol. The highest BCUT2D eigenvalue weighted by Gasteiger charge is 2.18. The van der Waals surface area contributed by atoms with Gasteiger partial charge in [-0.1, -0.05) is 71.0 Å². The van der Waals surface area contributed by atoms with E-state index in [-0.39, 0.29) is 0 Å². The first kappa shape index (κ1) is 17.7. The van der Waals surface area contributed by atoms with Crippen LogP contribution in [-0.4, -0.2) is 9.55 Å². The summed E-state index contributed by atoms with van der Waals surface area (Å²) in [6, 6.07) is 17.6. The Balaban J connectivity index is 1.97. The number of hydrogen-bond donors (Lipinski definition) is 0. The minimum Gasteiger partial charge on any atom is -0.327 e. The second kappa shape index (κ2) is 7.43. The molecule has 0 N–H and O–H groups in total. The zero-order chi connectivity index (χ0) is 18.0. The van der Waals surface area contributed by atoms with Crippen molar-refractivity contribution in [1.29, 1.82) is 0 Å². The molecule has 0 fully saturated rings. The maximum atomic E-state index is 4.98. The van der Waals surface area contributed by atoms with Gasteiger partial charge >= 0.3 is 0 Å². The van der Waals surface area contributed by atoms with Crippen molar-refractivity contribution in [3.8, 4) is 0 Å². The summed E-state index contributed by atoms with van der Waals surface area (Å²) in [6.07, 6.45) is 1.14. The van der Waals surface area contributed by atoms with Crippen molar-refractivity contribution in [2.24, 2.45) is 11.8 Å². The third-order valence-electron chi connectivity index (χ3n) is 4.74. The number of aromatic nitrogens is 2. The summed E-state index contributed by atoms with van der Waals surface area (Å²) >= 11 is 0. The molecule has 0 saturated heterocycles. The standard InChI is InChI=1S/C23H30N2/c1-16(2)14-19-10-12-20(13-11-19)18(5)23-24-21-8-6-7-9-22(21)25(23)15-17(3)4/h6-13,16-18H,14-15H2,1-5H3. The van der Waals surface area contributed by atoms with E-state index in [1.807, 2.05) is 0 Å². The maximum Gasteiger partial charge on any atom is 0.117 e. The fourth-order valence-corrected chi connectivity index (χ4v) is 3.54. The van der Waals surface area contributed by atoms with Crippen LogP contribution in [0.4, 0.5) is 0 Å². The lowest BCUT2D eigenvalue weighted by Gasteiger charge is -2.17. The SMILES string of the molecule is CC(C)Cc1ccc(C(C)c2nc3ccccc3n2CC(C)C)cc1. The van der Waals surface area contributed by atoms with Crippen molar-refractivity contribution in [3.63, 3.8) is 0 Å². The van der Waals surface area contributed by atoms with Gasteiger partial charge in [-0.25, -0.2) is 4.98 Å². The fraction of sp³-hybridized carbons (Fsp3) is 0.435. The Labute approximate surface area is 151 Å². The topological polar surface area (TPSA) is 17.8 Å². The Hall–Kier alpha value is -2.09. The molecular weight excluding hydrogens is 304 g/mol. The van der Waals surface area contributed by atoms with E-state index in [1.54, 1.807) is 0 Å². The third kappa shape index (κ3) is 3.95. The predicted octanol–water partition coefficient (Wildman–Crippen LogP) is 6.04. The lowest BCUT2D eigenvalue weighted by Crippen LogP contribution is -2.11. The molecule has 2 nitrogen and oxygen atoms in total. The van der Waals surface area contributed by atoms with Gasteiger partial charge in [0.15, 0.2) is 0 Å². The van der Waals surface area contributed by atoms with Gasteiger partial charge in [0.25, 0.3) is 0 Å². The van der Waals surface area contributed by atoms with Gasteiger partial charge in [0.1, 0.15) is 5.82 Å². The molecular formula is C23H30N2. The fourth-order valence-electron chi connectivity index (χ4n) is 3.54. The zero-order valence-electron chi connectivity index (χ0n) is 16.2. The molecule has 0 spiro atoms. The molecule has 2 heteroatoms. The first-order valence-electron chi connectivity index (χ1n) is 9.49. The summed E-state index contributed by atoms with van der Waals surface area (Å²) in [7, 11) is 0. The van der Waals surface area contributed by atoms with Crippen LogP contribution < -0.4 is 0 Å². The Morgan fingerprint density at radius 3 is 2.16 bits per heavy atom. The van der Waals surface area contributed by atoms with E-state index in [9.17, 15) is 0 Å². The average Bonchev–Trinajstić information content (AvgIpc) is 2.92. The molecule has 1 unspecified atom stereocenters. The molecule has 0 aliphatic heterocycles. The van der Waals surface area contributed by atoms with E-state index >= 15 is 0 Å². The van der Waals surface area contributed by atoms with E-state index in [2.05, 4.69) is 87.7 Å². The van der Waals surface area contributed by atoms with Crippen molar-refractivity contribution in [1.82, 2.24) is 9.55 Å². The Kier molecular flexibility index (Phi) is 5.27. The van der Waals surface area contributed by atoms with Gasteiger partial charge in [-0.2, -0.15) is 0 Å². The Bertz CT molecular complexity index is 825. The van der Waals surface area contributed by atoms with Crippen LogP contribution in [0.25, 0.3) is 11.0 Å². The van der Waals surface area contributed by atoms with Gasteiger partial charge in [0.2, 0.25) is 0 Å². The normalized spacial score (nSPS) is 13.1. The van der Waals surface area contributed by atoms with Gasteiger partial charge in [-0.05, 0) is 41.5 Å². The number of fused-ring (bicyclic) bond motifs is 1. The molecule has 3 rings (SSSR count). The molecule has 0 amide bonds. The van der Waals surface area contributed by atoms with Crippen molar-refractivity contribution in [3.05, 3.63) is 65.5 Å². The van der Waals surface area contributed by atoms with Crippen LogP contribution in [0.2, 0.25) is 0 Å². The monoisotopic (exact) mass is 334 g/mol. The Morgan fingerprint density at radius 2 is 1.52 bits per heavy atom. The lowest BCUT2D eigenvalue weighted by atomic mass is 9.96. The van der Waals surface area contributed by atoms with Gasteiger partial charge in [0.05, 0.1) is 11.0 Å². The number of benzene rings is 2. The van der Waals surface area contributed by atoms with Crippen LogP contribution >= 0.6 is 0 Å². The second-order valence-electron chi connectivity index (χ2n) is 8.02. The molecule has 132 valence electrons. The molecule has 0 aliphatic carbocycles.